The molecule has 1 fully saturated rings. The Bertz CT molecular complexity index is 791. The van der Waals surface area contributed by atoms with Crippen LogP contribution >= 0.6 is 0 Å². The molecular weight excluding hydrogens is 330 g/mol. The molecule has 0 saturated carbocycles. The Balaban J connectivity index is 1.93. The van der Waals surface area contributed by atoms with E-state index < -0.39 is 9.84 Å². The number of hydrogen-bond donors (Lipinski definition) is 0. The third kappa shape index (κ3) is 3.00. The third-order valence-electron chi connectivity index (χ3n) is 4.49. The van der Waals surface area contributed by atoms with Crippen LogP contribution in [-0.4, -0.2) is 46.5 Å². The van der Waals surface area contributed by atoms with Crippen molar-refractivity contribution in [3.63, 3.8) is 0 Å². The van der Waals surface area contributed by atoms with Crippen LogP contribution in [0.15, 0.2) is 22.4 Å². The van der Waals surface area contributed by atoms with Crippen LogP contribution in [0.3, 0.4) is 0 Å². The number of fused-ring (bicyclic) bond motifs is 1. The van der Waals surface area contributed by atoms with Crippen molar-refractivity contribution in [3.05, 3.63) is 23.1 Å². The second-order valence-corrected chi connectivity index (χ2v) is 7.78. The summed E-state index contributed by atoms with van der Waals surface area (Å²) in [5.41, 5.74) is 1.04. The molecule has 3 rings (SSSR count). The first-order chi connectivity index (χ1) is 11.5. The van der Waals surface area contributed by atoms with Crippen LogP contribution in [0.4, 0.5) is 0 Å². The first-order valence-electron chi connectivity index (χ1n) is 7.96. The van der Waals surface area contributed by atoms with Crippen molar-refractivity contribution in [2.45, 2.75) is 30.6 Å². The van der Waals surface area contributed by atoms with Gasteiger partial charge in [0.15, 0.2) is 11.5 Å². The van der Waals surface area contributed by atoms with Crippen LogP contribution < -0.4 is 9.47 Å². The Morgan fingerprint density at radius 3 is 2.33 bits per heavy atom. The fourth-order valence-corrected chi connectivity index (χ4v) is 4.70. The first kappa shape index (κ1) is 16.8. The molecule has 0 aromatic heterocycles. The number of amides is 1. The number of nitrogens with zero attached hydrogens (tertiary/aromatic N) is 1. The largest absolute Gasteiger partial charge is 0.493 e. The van der Waals surface area contributed by atoms with Gasteiger partial charge in [-0.2, -0.15) is 0 Å². The molecule has 1 aromatic carbocycles. The number of piperidine rings is 1. The van der Waals surface area contributed by atoms with Gasteiger partial charge in [-0.1, -0.05) is 0 Å². The van der Waals surface area contributed by atoms with E-state index in [4.69, 9.17) is 9.47 Å². The molecule has 0 spiro atoms. The Kier molecular flexibility index (Phi) is 4.54. The van der Waals surface area contributed by atoms with Crippen molar-refractivity contribution >= 4 is 21.3 Å². The van der Waals surface area contributed by atoms with Gasteiger partial charge in [0, 0.05) is 30.1 Å². The number of carbonyl (C=O) groups excluding carboxylic acids is 1. The Morgan fingerprint density at radius 1 is 1.08 bits per heavy atom. The Hall–Kier alpha value is -2.02. The molecule has 0 atom stereocenters. The molecule has 2 heterocycles. The third-order valence-corrected chi connectivity index (χ3v) is 6.03. The molecule has 0 radical (unpaired) electrons. The topological polar surface area (TPSA) is 72.9 Å². The Morgan fingerprint density at radius 2 is 1.71 bits per heavy atom. The van der Waals surface area contributed by atoms with Crippen molar-refractivity contribution in [3.8, 4) is 11.5 Å². The van der Waals surface area contributed by atoms with E-state index in [0.717, 1.165) is 32.4 Å². The van der Waals surface area contributed by atoms with E-state index in [-0.39, 0.29) is 17.2 Å². The molecule has 1 amide bonds. The van der Waals surface area contributed by atoms with Gasteiger partial charge in [0.1, 0.15) is 0 Å². The van der Waals surface area contributed by atoms with Crippen LogP contribution in [0.25, 0.3) is 5.57 Å². The van der Waals surface area contributed by atoms with E-state index in [1.807, 2.05) is 4.90 Å². The monoisotopic (exact) mass is 351 g/mol. The molecule has 1 aromatic rings. The predicted molar refractivity (Wildman–Crippen MR) is 89.8 cm³/mol. The van der Waals surface area contributed by atoms with Gasteiger partial charge in [0.2, 0.25) is 15.7 Å². The van der Waals surface area contributed by atoms with Gasteiger partial charge < -0.3 is 14.4 Å². The zero-order valence-corrected chi connectivity index (χ0v) is 14.7. The summed E-state index contributed by atoms with van der Waals surface area (Å²) >= 11 is 0. The lowest BCUT2D eigenvalue weighted by Crippen LogP contribution is -2.35. The van der Waals surface area contributed by atoms with Gasteiger partial charge in [0.05, 0.1) is 25.5 Å². The molecule has 0 unspecified atom stereocenters. The maximum atomic E-state index is 12.5. The van der Waals surface area contributed by atoms with Crippen LogP contribution in [0.5, 0.6) is 11.5 Å². The maximum absolute atomic E-state index is 12.5. The second kappa shape index (κ2) is 6.47. The molecular formula is C17H21NO5S. The normalized spacial score (nSPS) is 18.8. The van der Waals surface area contributed by atoms with Gasteiger partial charge in [-0.15, -0.1) is 0 Å². The van der Waals surface area contributed by atoms with E-state index in [1.165, 1.54) is 25.7 Å². The highest BCUT2D eigenvalue weighted by Gasteiger charge is 2.31. The van der Waals surface area contributed by atoms with Gasteiger partial charge in [-0.3, -0.25) is 4.79 Å². The molecule has 0 N–H and O–H groups in total. The number of likely N-dealkylation sites (tertiary alicyclic amines) is 1. The summed E-state index contributed by atoms with van der Waals surface area (Å²) in [5, 5.41) is 1.19. The van der Waals surface area contributed by atoms with Crippen LogP contribution in [0.1, 0.15) is 31.2 Å². The summed E-state index contributed by atoms with van der Waals surface area (Å²) in [5.74, 6) is 0.778. The van der Waals surface area contributed by atoms with E-state index in [2.05, 4.69) is 0 Å². The summed E-state index contributed by atoms with van der Waals surface area (Å²) < 4.78 is 35.2. The summed E-state index contributed by atoms with van der Waals surface area (Å²) in [6.07, 6.45) is 3.23. The number of ether oxygens (including phenoxy) is 2. The fourth-order valence-electron chi connectivity index (χ4n) is 3.22. The first-order valence-corrected chi connectivity index (χ1v) is 9.50. The van der Waals surface area contributed by atoms with Gasteiger partial charge in [-0.05, 0) is 30.9 Å². The standard InChI is InChI=1S/C17H21NO5S/c1-22-14-9-13-12(8-17(19)18-6-4-3-5-7-18)11-24(20,21)16(13)10-15(14)23-2/h9-11H,3-8H2,1-2H3. The number of rotatable bonds is 4. The molecule has 0 bridgehead atoms. The minimum absolute atomic E-state index is 0.0289. The van der Waals surface area contributed by atoms with Crippen molar-refractivity contribution in [2.24, 2.45) is 0 Å². The van der Waals surface area contributed by atoms with E-state index in [1.54, 1.807) is 6.07 Å². The lowest BCUT2D eigenvalue weighted by atomic mass is 10.0. The average Bonchev–Trinajstić information content (AvgIpc) is 2.84. The minimum atomic E-state index is -3.56. The molecule has 6 nitrogen and oxygen atoms in total. The molecule has 24 heavy (non-hydrogen) atoms. The number of methoxy groups -OCH3 is 2. The highest BCUT2D eigenvalue weighted by Crippen LogP contribution is 2.42. The lowest BCUT2D eigenvalue weighted by molar-refractivity contribution is -0.130. The summed E-state index contributed by atoms with van der Waals surface area (Å²) in [7, 11) is -0.603. The quantitative estimate of drug-likeness (QED) is 0.832. The minimum Gasteiger partial charge on any atom is -0.493 e. The zero-order chi connectivity index (χ0) is 17.3. The number of carbonyl (C=O) groups is 1. The lowest BCUT2D eigenvalue weighted by Gasteiger charge is -2.27. The zero-order valence-electron chi connectivity index (χ0n) is 13.9. The van der Waals surface area contributed by atoms with E-state index in [9.17, 15) is 13.2 Å². The molecule has 2 aliphatic rings. The average molecular weight is 351 g/mol. The van der Waals surface area contributed by atoms with Crippen LogP contribution in [-0.2, 0) is 14.6 Å². The number of hydrogen-bond acceptors (Lipinski definition) is 5. The van der Waals surface area contributed by atoms with E-state index in [0.29, 0.717) is 22.6 Å². The van der Waals surface area contributed by atoms with Crippen molar-refractivity contribution in [1.82, 2.24) is 4.90 Å². The Labute approximate surface area is 142 Å². The summed E-state index contributed by atoms with van der Waals surface area (Å²) in [4.78, 5) is 14.5. The second-order valence-electron chi connectivity index (χ2n) is 6.01. The highest BCUT2D eigenvalue weighted by atomic mass is 32.2. The smallest absolute Gasteiger partial charge is 0.227 e. The van der Waals surface area contributed by atoms with Gasteiger partial charge in [0.25, 0.3) is 0 Å². The van der Waals surface area contributed by atoms with Crippen LogP contribution in [0.2, 0.25) is 0 Å². The maximum Gasteiger partial charge on any atom is 0.227 e. The van der Waals surface area contributed by atoms with Crippen molar-refractivity contribution in [2.75, 3.05) is 27.3 Å². The number of sulfone groups is 1. The molecule has 7 heteroatoms. The van der Waals surface area contributed by atoms with Crippen molar-refractivity contribution < 1.29 is 22.7 Å². The summed E-state index contributed by atoms with van der Waals surface area (Å²) in [6.45, 7) is 1.50. The predicted octanol–water partition coefficient (Wildman–Crippen LogP) is 2.23. The van der Waals surface area contributed by atoms with E-state index >= 15 is 0 Å². The summed E-state index contributed by atoms with van der Waals surface area (Å²) in [6, 6.07) is 3.09. The molecule has 130 valence electrons. The van der Waals surface area contributed by atoms with Gasteiger partial charge >= 0.3 is 0 Å². The molecule has 2 aliphatic heterocycles. The SMILES string of the molecule is COc1cc2c(cc1OC)S(=O)(=O)C=C2CC(=O)N1CCCCC1. The van der Waals surface area contributed by atoms with Crippen LogP contribution in [0, 0.1) is 0 Å². The molecule has 1 saturated heterocycles. The molecule has 0 aliphatic carbocycles. The fraction of sp³-hybridized carbons (Fsp3) is 0.471. The van der Waals surface area contributed by atoms with Crippen molar-refractivity contribution in [1.29, 1.82) is 0 Å². The van der Waals surface area contributed by atoms with Gasteiger partial charge in [-0.25, -0.2) is 8.42 Å². The number of benzene rings is 1. The highest BCUT2D eigenvalue weighted by molar-refractivity contribution is 7.95.